The van der Waals surface area contributed by atoms with Crippen LogP contribution in [0.15, 0.2) is 42.9 Å². The third-order valence-electron chi connectivity index (χ3n) is 5.83. The van der Waals surface area contributed by atoms with Crippen molar-refractivity contribution in [2.75, 3.05) is 6.54 Å². The summed E-state index contributed by atoms with van der Waals surface area (Å²) in [5.74, 6) is -5.12. The molecule has 2 aromatic rings. The van der Waals surface area contributed by atoms with Crippen molar-refractivity contribution in [3.05, 3.63) is 54.1 Å². The standard InChI is InChI=1S/C25H35N7O7/c26-9-5-4-8-17(27)22(35)30-19(12-21(33)34)24(37)31-18(10-15-6-2-1-3-7-15)23(36)32-20(25(38)39)11-16-13-28-14-29-16/h1-3,6-7,13-14,17-20H,4-5,8-12,26-27H2,(H,28,29)(H,30,35)(H,31,37)(H,32,36)(H,33,34)(H,38,39). The molecular formula is C25H35N7O7. The van der Waals surface area contributed by atoms with Gasteiger partial charge in [0.1, 0.15) is 18.1 Å². The zero-order valence-corrected chi connectivity index (χ0v) is 21.3. The van der Waals surface area contributed by atoms with Gasteiger partial charge < -0.3 is 42.6 Å². The van der Waals surface area contributed by atoms with Crippen LogP contribution in [-0.2, 0) is 36.8 Å². The molecule has 0 radical (unpaired) electrons. The Hall–Kier alpha value is -4.30. The van der Waals surface area contributed by atoms with Crippen molar-refractivity contribution in [2.45, 2.75) is 62.7 Å². The number of nitrogens with one attached hydrogen (secondary N) is 4. The molecule has 212 valence electrons. The monoisotopic (exact) mass is 545 g/mol. The molecule has 0 bridgehead atoms. The Balaban J connectivity index is 2.19. The zero-order chi connectivity index (χ0) is 28.8. The van der Waals surface area contributed by atoms with E-state index in [1.807, 2.05) is 0 Å². The number of amides is 3. The van der Waals surface area contributed by atoms with E-state index in [-0.39, 0.29) is 19.3 Å². The lowest BCUT2D eigenvalue weighted by Crippen LogP contribution is -2.58. The minimum atomic E-state index is -1.53. The fourth-order valence-electron chi connectivity index (χ4n) is 3.72. The first-order chi connectivity index (χ1) is 18.6. The van der Waals surface area contributed by atoms with Gasteiger partial charge in [0, 0.05) is 24.7 Å². The molecule has 0 saturated carbocycles. The Bertz CT molecular complexity index is 1100. The van der Waals surface area contributed by atoms with E-state index < -0.39 is 60.2 Å². The van der Waals surface area contributed by atoms with Gasteiger partial charge in [0.15, 0.2) is 0 Å². The molecule has 14 heteroatoms. The number of carbonyl (C=O) groups excluding carboxylic acids is 3. The van der Waals surface area contributed by atoms with Crippen LogP contribution in [0, 0.1) is 0 Å². The van der Waals surface area contributed by atoms with Crippen LogP contribution in [0.1, 0.15) is 36.9 Å². The summed E-state index contributed by atoms with van der Waals surface area (Å²) in [5.41, 5.74) is 12.4. The summed E-state index contributed by atoms with van der Waals surface area (Å²) in [5, 5.41) is 26.2. The lowest BCUT2D eigenvalue weighted by Gasteiger charge is -2.25. The lowest BCUT2D eigenvalue weighted by atomic mass is 10.0. The third kappa shape index (κ3) is 10.9. The van der Waals surface area contributed by atoms with Gasteiger partial charge in [0.05, 0.1) is 18.8 Å². The Morgan fingerprint density at radius 3 is 2.10 bits per heavy atom. The van der Waals surface area contributed by atoms with E-state index in [9.17, 15) is 34.2 Å². The lowest BCUT2D eigenvalue weighted by molar-refractivity contribution is -0.143. The van der Waals surface area contributed by atoms with Crippen molar-refractivity contribution in [1.82, 2.24) is 25.9 Å². The molecule has 10 N–H and O–H groups in total. The van der Waals surface area contributed by atoms with Crippen LogP contribution >= 0.6 is 0 Å². The van der Waals surface area contributed by atoms with E-state index in [2.05, 4.69) is 25.9 Å². The number of carboxylic acid groups (broad SMARTS) is 2. The summed E-state index contributed by atoms with van der Waals surface area (Å²) in [6, 6.07) is 3.50. The van der Waals surface area contributed by atoms with Crippen molar-refractivity contribution in [1.29, 1.82) is 0 Å². The van der Waals surface area contributed by atoms with E-state index >= 15 is 0 Å². The molecule has 0 spiro atoms. The number of hydrogen-bond donors (Lipinski definition) is 8. The van der Waals surface area contributed by atoms with Crippen molar-refractivity contribution in [3.63, 3.8) is 0 Å². The maximum absolute atomic E-state index is 13.2. The van der Waals surface area contributed by atoms with Crippen molar-refractivity contribution in [2.24, 2.45) is 11.5 Å². The van der Waals surface area contributed by atoms with Gasteiger partial charge in [0.2, 0.25) is 17.7 Å². The van der Waals surface area contributed by atoms with Crippen LogP contribution in [0.4, 0.5) is 0 Å². The number of rotatable bonds is 17. The smallest absolute Gasteiger partial charge is 0.326 e. The number of unbranched alkanes of at least 4 members (excludes halogenated alkanes) is 1. The minimum absolute atomic E-state index is 0.0266. The molecular weight excluding hydrogens is 510 g/mol. The van der Waals surface area contributed by atoms with E-state index in [0.29, 0.717) is 30.6 Å². The molecule has 14 nitrogen and oxygen atoms in total. The highest BCUT2D eigenvalue weighted by Crippen LogP contribution is 2.07. The Morgan fingerprint density at radius 2 is 1.51 bits per heavy atom. The minimum Gasteiger partial charge on any atom is -0.481 e. The Kier molecular flexibility index (Phi) is 12.6. The number of benzene rings is 1. The van der Waals surface area contributed by atoms with Gasteiger partial charge in [-0.15, -0.1) is 0 Å². The maximum Gasteiger partial charge on any atom is 0.326 e. The molecule has 1 heterocycles. The Labute approximate surface area is 224 Å². The fourth-order valence-corrected chi connectivity index (χ4v) is 3.72. The molecule has 4 atom stereocenters. The summed E-state index contributed by atoms with van der Waals surface area (Å²) in [7, 11) is 0. The number of aliphatic carboxylic acids is 2. The molecule has 1 aromatic heterocycles. The van der Waals surface area contributed by atoms with Gasteiger partial charge in [-0.25, -0.2) is 9.78 Å². The van der Waals surface area contributed by atoms with Crippen LogP contribution in [0.2, 0.25) is 0 Å². The van der Waals surface area contributed by atoms with E-state index in [4.69, 9.17) is 11.5 Å². The van der Waals surface area contributed by atoms with E-state index in [1.165, 1.54) is 12.5 Å². The summed E-state index contributed by atoms with van der Waals surface area (Å²) in [6.45, 7) is 0.424. The molecule has 0 saturated heterocycles. The van der Waals surface area contributed by atoms with Crippen LogP contribution in [-0.4, -0.2) is 80.6 Å². The van der Waals surface area contributed by atoms with E-state index in [1.54, 1.807) is 30.3 Å². The number of nitrogens with two attached hydrogens (primary N) is 2. The molecule has 3 amide bonds. The van der Waals surface area contributed by atoms with Gasteiger partial charge in [-0.05, 0) is 24.9 Å². The average Bonchev–Trinajstić information content (AvgIpc) is 3.41. The molecule has 2 rings (SSSR count). The van der Waals surface area contributed by atoms with Crippen molar-refractivity contribution < 1.29 is 34.2 Å². The molecule has 0 aliphatic carbocycles. The molecule has 0 aliphatic heterocycles. The number of aromatic nitrogens is 2. The third-order valence-corrected chi connectivity index (χ3v) is 5.83. The van der Waals surface area contributed by atoms with Crippen LogP contribution < -0.4 is 27.4 Å². The summed E-state index contributed by atoms with van der Waals surface area (Å²) >= 11 is 0. The number of nitrogens with zero attached hydrogens (tertiary/aromatic N) is 1. The van der Waals surface area contributed by atoms with Gasteiger partial charge in [-0.2, -0.15) is 0 Å². The molecule has 0 fully saturated rings. The number of H-pyrrole nitrogens is 1. The average molecular weight is 546 g/mol. The molecule has 1 aromatic carbocycles. The largest absolute Gasteiger partial charge is 0.481 e. The first kappa shape index (κ1) is 30.9. The summed E-state index contributed by atoms with van der Waals surface area (Å²) in [6.07, 6.45) is 3.42. The van der Waals surface area contributed by atoms with Gasteiger partial charge in [0.25, 0.3) is 0 Å². The summed E-state index contributed by atoms with van der Waals surface area (Å²) < 4.78 is 0. The molecule has 4 unspecified atom stereocenters. The molecule has 0 aliphatic rings. The highest BCUT2D eigenvalue weighted by Gasteiger charge is 2.31. The number of aromatic amines is 1. The van der Waals surface area contributed by atoms with Crippen LogP contribution in [0.25, 0.3) is 0 Å². The quantitative estimate of drug-likeness (QED) is 0.109. The summed E-state index contributed by atoms with van der Waals surface area (Å²) in [4.78, 5) is 68.7. The van der Waals surface area contributed by atoms with Crippen LogP contribution in [0.3, 0.4) is 0 Å². The second-order valence-corrected chi connectivity index (χ2v) is 8.98. The Morgan fingerprint density at radius 1 is 0.872 bits per heavy atom. The SMILES string of the molecule is NCCCCC(N)C(=O)NC(CC(=O)O)C(=O)NC(Cc1ccccc1)C(=O)NC(Cc1cnc[nH]1)C(=O)O. The van der Waals surface area contributed by atoms with Crippen molar-refractivity contribution in [3.8, 4) is 0 Å². The number of imidazole rings is 1. The number of carbonyl (C=O) groups is 5. The molecule has 39 heavy (non-hydrogen) atoms. The highest BCUT2D eigenvalue weighted by atomic mass is 16.4. The van der Waals surface area contributed by atoms with Crippen LogP contribution in [0.5, 0.6) is 0 Å². The van der Waals surface area contributed by atoms with E-state index in [0.717, 1.165) is 0 Å². The number of carboxylic acids is 2. The van der Waals surface area contributed by atoms with Gasteiger partial charge >= 0.3 is 11.9 Å². The normalized spacial score (nSPS) is 13.9. The first-order valence-electron chi connectivity index (χ1n) is 12.4. The highest BCUT2D eigenvalue weighted by molar-refractivity contribution is 5.95. The topological polar surface area (TPSA) is 243 Å². The number of hydrogen-bond acceptors (Lipinski definition) is 8. The second-order valence-electron chi connectivity index (χ2n) is 8.98. The predicted molar refractivity (Wildman–Crippen MR) is 139 cm³/mol. The van der Waals surface area contributed by atoms with Crippen molar-refractivity contribution >= 4 is 29.7 Å². The predicted octanol–water partition coefficient (Wildman–Crippen LogP) is -1.34. The first-order valence-corrected chi connectivity index (χ1v) is 12.4. The maximum atomic E-state index is 13.2. The zero-order valence-electron chi connectivity index (χ0n) is 21.3. The second kappa shape index (κ2) is 15.8. The fraction of sp³-hybridized carbons (Fsp3) is 0.440. The van der Waals surface area contributed by atoms with Gasteiger partial charge in [-0.1, -0.05) is 36.8 Å². The van der Waals surface area contributed by atoms with Gasteiger partial charge in [-0.3, -0.25) is 19.2 Å².